The number of aromatic amines is 2. The molecule has 6 rings (SSSR count). The smallest absolute Gasteiger partial charge is 0.159 e. The highest BCUT2D eigenvalue weighted by Gasteiger charge is 2.19. The second-order valence-electron chi connectivity index (χ2n) is 9.45. The molecule has 196 valence electrons. The number of hydrogen-bond acceptors (Lipinski definition) is 6. The summed E-state index contributed by atoms with van der Waals surface area (Å²) in [5.74, 6) is 0.666. The predicted octanol–water partition coefficient (Wildman–Crippen LogP) is 6.02. The number of imidazole rings is 1. The van der Waals surface area contributed by atoms with Gasteiger partial charge < -0.3 is 10.3 Å². The number of benzene rings is 1. The summed E-state index contributed by atoms with van der Waals surface area (Å²) in [6.07, 6.45) is 11.0. The lowest BCUT2D eigenvalue weighted by molar-refractivity contribution is 0.691. The molecule has 0 saturated carbocycles. The molecule has 8 nitrogen and oxygen atoms in total. The number of nitrogens with zero attached hydrogens (tertiary/aromatic N) is 5. The van der Waals surface area contributed by atoms with E-state index in [1.165, 1.54) is 5.56 Å². The van der Waals surface area contributed by atoms with E-state index >= 15 is 0 Å². The topological polar surface area (TPSA) is 108 Å². The summed E-state index contributed by atoms with van der Waals surface area (Å²) >= 11 is 0. The van der Waals surface area contributed by atoms with Crippen molar-refractivity contribution in [2.24, 2.45) is 0 Å². The quantitative estimate of drug-likeness (QED) is 0.200. The van der Waals surface area contributed by atoms with E-state index < -0.39 is 0 Å². The predicted molar refractivity (Wildman–Crippen MR) is 158 cm³/mol. The van der Waals surface area contributed by atoms with Crippen LogP contribution in [0.4, 0.5) is 0 Å². The van der Waals surface area contributed by atoms with Crippen LogP contribution in [0.25, 0.3) is 39.3 Å². The monoisotopic (exact) mass is 524 g/mol. The molecule has 3 N–H and O–H groups in total. The Bertz CT molecular complexity index is 1800. The zero-order valence-electron chi connectivity index (χ0n) is 22.1. The third-order valence-corrected chi connectivity index (χ3v) is 6.63. The Morgan fingerprint density at radius 3 is 2.62 bits per heavy atom. The second-order valence-corrected chi connectivity index (χ2v) is 9.45. The average molecular weight is 525 g/mol. The van der Waals surface area contributed by atoms with Crippen molar-refractivity contribution < 1.29 is 0 Å². The Kier molecular flexibility index (Phi) is 7.07. The average Bonchev–Trinajstić information content (AvgIpc) is 3.60. The lowest BCUT2D eigenvalue weighted by Gasteiger charge is -2.07. The van der Waals surface area contributed by atoms with E-state index in [0.717, 1.165) is 62.6 Å². The molecular weight excluding hydrogens is 496 g/mol. The van der Waals surface area contributed by atoms with E-state index in [4.69, 9.17) is 4.98 Å². The van der Waals surface area contributed by atoms with Crippen molar-refractivity contribution in [1.82, 2.24) is 40.4 Å². The van der Waals surface area contributed by atoms with Crippen molar-refractivity contribution in [2.75, 3.05) is 0 Å². The number of hydrogen-bond donors (Lipinski definition) is 3. The maximum atomic E-state index is 4.94. The summed E-state index contributed by atoms with van der Waals surface area (Å²) < 4.78 is 0. The van der Waals surface area contributed by atoms with Crippen molar-refractivity contribution in [2.45, 2.75) is 20.0 Å². The first kappa shape index (κ1) is 25.1. The highest BCUT2D eigenvalue weighted by atomic mass is 15.1. The van der Waals surface area contributed by atoms with Crippen LogP contribution in [0.2, 0.25) is 0 Å². The first-order chi connectivity index (χ1) is 19.7. The third kappa shape index (κ3) is 5.21. The minimum Gasteiger partial charge on any atom is -0.340 e. The molecule has 0 radical (unpaired) electrons. The molecule has 0 unspecified atom stereocenters. The van der Waals surface area contributed by atoms with Gasteiger partial charge in [0.2, 0.25) is 0 Å². The van der Waals surface area contributed by atoms with Crippen LogP contribution in [0.1, 0.15) is 28.2 Å². The molecule has 5 aromatic heterocycles. The third-order valence-electron chi connectivity index (χ3n) is 6.63. The molecule has 0 atom stereocenters. The second kappa shape index (κ2) is 11.3. The maximum absolute atomic E-state index is 4.94. The van der Waals surface area contributed by atoms with Crippen LogP contribution in [0.5, 0.6) is 0 Å². The first-order valence-electron chi connectivity index (χ1n) is 13.0. The lowest BCUT2D eigenvalue weighted by Crippen LogP contribution is -2.12. The Balaban J connectivity index is 1.29. The molecular formula is C32H28N8. The minimum absolute atomic E-state index is 0.666. The number of fused-ring (bicyclic) bond motifs is 1. The molecule has 0 saturated heterocycles. The molecule has 0 aliphatic carbocycles. The standard InChI is InChI=1S/C32H28N8/c1-3-9-25(27-12-7-8-13-35-27)30-21(2)37-32(38-30)31-26-15-28(36-20-29(26)39-40-31)24-14-23(18-34-19-24)17-33-16-22-10-5-4-6-11-22/h3-15,18-20,33H,1,16-17H2,2H3,(H,37,38)(H,39,40)/b25-9-. The van der Waals surface area contributed by atoms with Crippen LogP contribution in [0, 0.1) is 6.92 Å². The molecule has 1 aromatic carbocycles. The number of pyridine rings is 3. The van der Waals surface area contributed by atoms with Crippen molar-refractivity contribution in [3.05, 3.63) is 132 Å². The van der Waals surface area contributed by atoms with Gasteiger partial charge in [-0.3, -0.25) is 20.1 Å². The summed E-state index contributed by atoms with van der Waals surface area (Å²) in [5.41, 5.74) is 9.08. The number of allylic oxidation sites excluding steroid dienone is 2. The maximum Gasteiger partial charge on any atom is 0.159 e. The number of rotatable bonds is 9. The van der Waals surface area contributed by atoms with Gasteiger partial charge in [-0.15, -0.1) is 0 Å². The van der Waals surface area contributed by atoms with Crippen LogP contribution in [-0.2, 0) is 13.1 Å². The fourth-order valence-electron chi connectivity index (χ4n) is 4.69. The van der Waals surface area contributed by atoms with E-state index in [1.54, 1.807) is 18.5 Å². The lowest BCUT2D eigenvalue weighted by atomic mass is 10.1. The molecule has 6 aromatic rings. The van der Waals surface area contributed by atoms with Crippen LogP contribution in [0.3, 0.4) is 0 Å². The summed E-state index contributed by atoms with van der Waals surface area (Å²) in [6, 6.07) is 20.3. The van der Waals surface area contributed by atoms with Gasteiger partial charge in [0.05, 0.1) is 28.8 Å². The fourth-order valence-corrected chi connectivity index (χ4v) is 4.69. The van der Waals surface area contributed by atoms with Crippen LogP contribution in [-0.4, -0.2) is 35.1 Å². The summed E-state index contributed by atoms with van der Waals surface area (Å²) in [4.78, 5) is 22.0. The highest BCUT2D eigenvalue weighted by Crippen LogP contribution is 2.31. The van der Waals surface area contributed by atoms with Gasteiger partial charge in [0.1, 0.15) is 5.69 Å². The molecule has 0 aliphatic heterocycles. The Hall–Kier alpha value is -5.21. The molecule has 8 heteroatoms. The first-order valence-corrected chi connectivity index (χ1v) is 13.0. The number of nitrogens with one attached hydrogen (secondary N) is 3. The fraction of sp³-hybridized carbons (Fsp3) is 0.0938. The molecule has 0 fully saturated rings. The van der Waals surface area contributed by atoms with E-state index in [0.29, 0.717) is 12.4 Å². The summed E-state index contributed by atoms with van der Waals surface area (Å²) in [5, 5.41) is 12.1. The van der Waals surface area contributed by atoms with Gasteiger partial charge in [0.15, 0.2) is 5.82 Å². The molecule has 40 heavy (non-hydrogen) atoms. The van der Waals surface area contributed by atoms with Gasteiger partial charge >= 0.3 is 0 Å². The molecule has 0 aliphatic rings. The molecule has 0 spiro atoms. The molecule has 0 amide bonds. The van der Waals surface area contributed by atoms with Crippen LogP contribution < -0.4 is 5.32 Å². The van der Waals surface area contributed by atoms with E-state index in [9.17, 15) is 0 Å². The van der Waals surface area contributed by atoms with Gasteiger partial charge in [0, 0.05) is 53.9 Å². The summed E-state index contributed by atoms with van der Waals surface area (Å²) in [7, 11) is 0. The Labute approximate surface area is 232 Å². The van der Waals surface area contributed by atoms with Gasteiger partial charge in [-0.1, -0.05) is 55.1 Å². The zero-order valence-corrected chi connectivity index (χ0v) is 22.1. The van der Waals surface area contributed by atoms with Crippen molar-refractivity contribution >= 4 is 16.5 Å². The van der Waals surface area contributed by atoms with Gasteiger partial charge in [-0.25, -0.2) is 4.98 Å². The van der Waals surface area contributed by atoms with Gasteiger partial charge in [-0.05, 0) is 42.3 Å². The van der Waals surface area contributed by atoms with Gasteiger partial charge in [-0.2, -0.15) is 5.10 Å². The van der Waals surface area contributed by atoms with Crippen LogP contribution >= 0.6 is 0 Å². The van der Waals surface area contributed by atoms with Crippen molar-refractivity contribution in [3.8, 4) is 22.8 Å². The summed E-state index contributed by atoms with van der Waals surface area (Å²) in [6.45, 7) is 7.38. The van der Waals surface area contributed by atoms with E-state index in [1.807, 2.05) is 67.9 Å². The molecule has 0 bridgehead atoms. The van der Waals surface area contributed by atoms with Crippen molar-refractivity contribution in [3.63, 3.8) is 0 Å². The SMILES string of the molecule is C=C/C=C(/c1ccccn1)c1nc(-c2n[nH]c3cnc(-c4cncc(CNCc5ccccc5)c4)cc23)[nH]c1C. The zero-order chi connectivity index (χ0) is 27.3. The van der Waals surface area contributed by atoms with Crippen molar-refractivity contribution in [1.29, 1.82) is 0 Å². The number of aromatic nitrogens is 7. The minimum atomic E-state index is 0.666. The molecule has 5 heterocycles. The van der Waals surface area contributed by atoms with E-state index in [-0.39, 0.29) is 0 Å². The van der Waals surface area contributed by atoms with Gasteiger partial charge in [0.25, 0.3) is 0 Å². The largest absolute Gasteiger partial charge is 0.340 e. The van der Waals surface area contributed by atoms with Crippen LogP contribution in [0.15, 0.2) is 104 Å². The normalized spacial score (nSPS) is 11.7. The number of aryl methyl sites for hydroxylation is 1. The Morgan fingerprint density at radius 2 is 1.80 bits per heavy atom. The van der Waals surface area contributed by atoms with E-state index in [2.05, 4.69) is 60.2 Å². The highest BCUT2D eigenvalue weighted by molar-refractivity contribution is 5.93. The number of H-pyrrole nitrogens is 2. The Morgan fingerprint density at radius 1 is 0.950 bits per heavy atom.